The predicted octanol–water partition coefficient (Wildman–Crippen LogP) is 3.10. The number of aryl methyl sites for hydroxylation is 2. The standard InChI is InChI=1S/C17H26N2O2/c1-12-10-14(16(21-3)11-13(12)2)8-9-18-17(20)19-15-6-4-5-7-15/h10-11,15H,4-9H2,1-3H3,(H2,18,19,20). The van der Waals surface area contributed by atoms with E-state index in [1.54, 1.807) is 7.11 Å². The van der Waals surface area contributed by atoms with Crippen molar-refractivity contribution in [2.45, 2.75) is 52.0 Å². The Bertz CT molecular complexity index is 494. The van der Waals surface area contributed by atoms with Crippen molar-refractivity contribution in [1.29, 1.82) is 0 Å². The molecule has 0 saturated heterocycles. The fraction of sp³-hybridized carbons (Fsp3) is 0.588. The number of urea groups is 1. The minimum absolute atomic E-state index is 0.0512. The van der Waals surface area contributed by atoms with Gasteiger partial charge in [-0.3, -0.25) is 0 Å². The molecule has 4 heteroatoms. The Labute approximate surface area is 127 Å². The Morgan fingerprint density at radius 2 is 1.90 bits per heavy atom. The number of hydrogen-bond acceptors (Lipinski definition) is 2. The molecular formula is C17H26N2O2. The molecule has 21 heavy (non-hydrogen) atoms. The van der Waals surface area contributed by atoms with Gasteiger partial charge in [-0.2, -0.15) is 0 Å². The van der Waals surface area contributed by atoms with Crippen LogP contribution in [0.2, 0.25) is 0 Å². The zero-order valence-corrected chi connectivity index (χ0v) is 13.3. The van der Waals surface area contributed by atoms with E-state index in [1.165, 1.54) is 24.0 Å². The van der Waals surface area contributed by atoms with Gasteiger partial charge in [0, 0.05) is 12.6 Å². The van der Waals surface area contributed by atoms with Gasteiger partial charge in [0.05, 0.1) is 7.11 Å². The monoisotopic (exact) mass is 290 g/mol. The Morgan fingerprint density at radius 3 is 2.57 bits per heavy atom. The van der Waals surface area contributed by atoms with Gasteiger partial charge in [-0.1, -0.05) is 18.9 Å². The number of amides is 2. The van der Waals surface area contributed by atoms with Crippen LogP contribution < -0.4 is 15.4 Å². The molecule has 0 aromatic heterocycles. The van der Waals surface area contributed by atoms with Crippen LogP contribution >= 0.6 is 0 Å². The molecule has 2 N–H and O–H groups in total. The average molecular weight is 290 g/mol. The second kappa shape index (κ2) is 7.34. The van der Waals surface area contributed by atoms with Gasteiger partial charge in [-0.25, -0.2) is 4.79 Å². The molecule has 2 amide bonds. The molecule has 0 heterocycles. The Hall–Kier alpha value is -1.71. The third-order valence-corrected chi connectivity index (χ3v) is 4.27. The predicted molar refractivity (Wildman–Crippen MR) is 85.0 cm³/mol. The quantitative estimate of drug-likeness (QED) is 0.875. The lowest BCUT2D eigenvalue weighted by Gasteiger charge is -2.14. The summed E-state index contributed by atoms with van der Waals surface area (Å²) in [5, 5.41) is 5.97. The molecular weight excluding hydrogens is 264 g/mol. The van der Waals surface area contributed by atoms with Gasteiger partial charge < -0.3 is 15.4 Å². The SMILES string of the molecule is COc1cc(C)c(C)cc1CCNC(=O)NC1CCCC1. The zero-order valence-electron chi connectivity index (χ0n) is 13.3. The summed E-state index contributed by atoms with van der Waals surface area (Å²) in [5.74, 6) is 0.899. The molecule has 2 rings (SSSR count). The third kappa shape index (κ3) is 4.38. The average Bonchev–Trinajstić information content (AvgIpc) is 2.95. The number of carbonyl (C=O) groups is 1. The molecule has 116 valence electrons. The molecule has 1 aromatic carbocycles. The van der Waals surface area contributed by atoms with Crippen LogP contribution in [0.4, 0.5) is 4.79 Å². The van der Waals surface area contributed by atoms with Crippen molar-refractivity contribution in [3.63, 3.8) is 0 Å². The van der Waals surface area contributed by atoms with Crippen molar-refractivity contribution in [2.75, 3.05) is 13.7 Å². The van der Waals surface area contributed by atoms with Crippen molar-refractivity contribution in [1.82, 2.24) is 10.6 Å². The molecule has 0 bridgehead atoms. The summed E-state index contributed by atoms with van der Waals surface area (Å²) < 4.78 is 5.42. The van der Waals surface area contributed by atoms with Crippen LogP contribution in [0, 0.1) is 13.8 Å². The molecule has 1 aliphatic rings. The van der Waals surface area contributed by atoms with Gasteiger partial charge >= 0.3 is 6.03 Å². The molecule has 4 nitrogen and oxygen atoms in total. The molecule has 0 atom stereocenters. The van der Waals surface area contributed by atoms with Crippen molar-refractivity contribution < 1.29 is 9.53 Å². The summed E-state index contributed by atoms with van der Waals surface area (Å²) in [7, 11) is 1.69. The van der Waals surface area contributed by atoms with E-state index in [0.29, 0.717) is 12.6 Å². The van der Waals surface area contributed by atoms with E-state index in [0.717, 1.165) is 30.6 Å². The highest BCUT2D eigenvalue weighted by Crippen LogP contribution is 2.23. The molecule has 1 fully saturated rings. The van der Waals surface area contributed by atoms with Crippen LogP contribution in [-0.2, 0) is 6.42 Å². The Kier molecular flexibility index (Phi) is 5.48. The topological polar surface area (TPSA) is 50.4 Å². The minimum Gasteiger partial charge on any atom is -0.496 e. The lowest BCUT2D eigenvalue weighted by atomic mass is 10.0. The highest BCUT2D eigenvalue weighted by atomic mass is 16.5. The first kappa shape index (κ1) is 15.7. The number of carbonyl (C=O) groups excluding carboxylic acids is 1. The van der Waals surface area contributed by atoms with E-state index in [9.17, 15) is 4.79 Å². The molecule has 0 aliphatic heterocycles. The number of hydrogen-bond donors (Lipinski definition) is 2. The van der Waals surface area contributed by atoms with Gasteiger partial charge in [0.2, 0.25) is 0 Å². The van der Waals surface area contributed by atoms with Crippen LogP contribution in [0.25, 0.3) is 0 Å². The van der Waals surface area contributed by atoms with Crippen molar-refractivity contribution in [3.8, 4) is 5.75 Å². The first-order valence-electron chi connectivity index (χ1n) is 7.78. The first-order valence-corrected chi connectivity index (χ1v) is 7.78. The number of nitrogens with one attached hydrogen (secondary N) is 2. The molecule has 1 saturated carbocycles. The second-order valence-corrected chi connectivity index (χ2v) is 5.88. The second-order valence-electron chi connectivity index (χ2n) is 5.88. The largest absolute Gasteiger partial charge is 0.496 e. The zero-order chi connectivity index (χ0) is 15.2. The maximum absolute atomic E-state index is 11.8. The smallest absolute Gasteiger partial charge is 0.315 e. The van der Waals surface area contributed by atoms with E-state index >= 15 is 0 Å². The van der Waals surface area contributed by atoms with Gasteiger partial charge in [0.1, 0.15) is 5.75 Å². The lowest BCUT2D eigenvalue weighted by molar-refractivity contribution is 0.237. The van der Waals surface area contributed by atoms with Crippen molar-refractivity contribution in [2.24, 2.45) is 0 Å². The van der Waals surface area contributed by atoms with Crippen LogP contribution in [0.1, 0.15) is 42.4 Å². The van der Waals surface area contributed by atoms with E-state index in [-0.39, 0.29) is 6.03 Å². The van der Waals surface area contributed by atoms with Gasteiger partial charge in [0.15, 0.2) is 0 Å². The fourth-order valence-corrected chi connectivity index (χ4v) is 2.85. The highest BCUT2D eigenvalue weighted by molar-refractivity contribution is 5.74. The Morgan fingerprint density at radius 1 is 1.24 bits per heavy atom. The van der Waals surface area contributed by atoms with Gasteiger partial charge in [0.25, 0.3) is 0 Å². The van der Waals surface area contributed by atoms with Crippen LogP contribution in [0.5, 0.6) is 5.75 Å². The molecule has 1 aliphatic carbocycles. The van der Waals surface area contributed by atoms with Crippen LogP contribution in [0.3, 0.4) is 0 Å². The molecule has 1 aromatic rings. The van der Waals surface area contributed by atoms with E-state index < -0.39 is 0 Å². The maximum atomic E-state index is 11.8. The summed E-state index contributed by atoms with van der Waals surface area (Å²) >= 11 is 0. The molecule has 0 radical (unpaired) electrons. The number of methoxy groups -OCH3 is 1. The Balaban J connectivity index is 1.82. The van der Waals surface area contributed by atoms with Crippen LogP contribution in [0.15, 0.2) is 12.1 Å². The van der Waals surface area contributed by atoms with Crippen molar-refractivity contribution >= 4 is 6.03 Å². The van der Waals surface area contributed by atoms with E-state index in [1.807, 2.05) is 0 Å². The highest BCUT2D eigenvalue weighted by Gasteiger charge is 2.16. The van der Waals surface area contributed by atoms with E-state index in [2.05, 4.69) is 36.6 Å². The number of rotatable bonds is 5. The minimum atomic E-state index is -0.0512. The summed E-state index contributed by atoms with van der Waals surface area (Å²) in [4.78, 5) is 11.8. The number of benzene rings is 1. The summed E-state index contributed by atoms with van der Waals surface area (Å²) in [6, 6.07) is 4.51. The van der Waals surface area contributed by atoms with Crippen LogP contribution in [-0.4, -0.2) is 25.7 Å². The molecule has 0 spiro atoms. The van der Waals surface area contributed by atoms with Gasteiger partial charge in [-0.05, 0) is 55.9 Å². The maximum Gasteiger partial charge on any atom is 0.315 e. The summed E-state index contributed by atoms with van der Waals surface area (Å²) in [5.41, 5.74) is 3.62. The van der Waals surface area contributed by atoms with Crippen molar-refractivity contribution in [3.05, 3.63) is 28.8 Å². The lowest BCUT2D eigenvalue weighted by Crippen LogP contribution is -2.41. The normalized spacial score (nSPS) is 15.0. The first-order chi connectivity index (χ1) is 10.1. The fourth-order valence-electron chi connectivity index (χ4n) is 2.85. The molecule has 0 unspecified atom stereocenters. The number of ether oxygens (including phenoxy) is 1. The summed E-state index contributed by atoms with van der Waals surface area (Å²) in [6.45, 7) is 4.80. The third-order valence-electron chi connectivity index (χ3n) is 4.27. The summed E-state index contributed by atoms with van der Waals surface area (Å²) in [6.07, 6.45) is 5.45. The van der Waals surface area contributed by atoms with Gasteiger partial charge in [-0.15, -0.1) is 0 Å². The van der Waals surface area contributed by atoms with E-state index in [4.69, 9.17) is 4.74 Å².